The molecule has 2 rings (SSSR count). The molecule has 0 amide bonds. The van der Waals surface area contributed by atoms with Crippen LogP contribution in [-0.2, 0) is 16.4 Å². The lowest BCUT2D eigenvalue weighted by molar-refractivity contribution is 0.477. The van der Waals surface area contributed by atoms with Gasteiger partial charge in [0.15, 0.2) is 0 Å². The molecule has 0 spiro atoms. The van der Waals surface area contributed by atoms with Crippen molar-refractivity contribution >= 4 is 27.3 Å². The number of benzene rings is 2. The number of anilines is 1. The molecule has 0 aliphatic carbocycles. The van der Waals surface area contributed by atoms with Crippen LogP contribution in [0.5, 0.6) is 5.75 Å². The van der Waals surface area contributed by atoms with Gasteiger partial charge in [-0.05, 0) is 35.9 Å². The molecule has 0 fully saturated rings. The summed E-state index contributed by atoms with van der Waals surface area (Å²) < 4.78 is 26.7. The molecule has 5 nitrogen and oxygen atoms in total. The Balaban J connectivity index is 2.30. The van der Waals surface area contributed by atoms with E-state index in [0.29, 0.717) is 5.02 Å². The third-order valence-corrected chi connectivity index (χ3v) is 4.34. The third-order valence-electron chi connectivity index (χ3n) is 2.72. The second kappa shape index (κ2) is 6.04. The summed E-state index contributed by atoms with van der Waals surface area (Å²) in [7, 11) is -3.84. The van der Waals surface area contributed by atoms with Crippen molar-refractivity contribution in [1.82, 2.24) is 0 Å². The van der Waals surface area contributed by atoms with Gasteiger partial charge in [-0.15, -0.1) is 0 Å². The first-order chi connectivity index (χ1) is 9.92. The van der Waals surface area contributed by atoms with E-state index in [1.54, 1.807) is 12.1 Å². The van der Waals surface area contributed by atoms with Crippen molar-refractivity contribution in [2.45, 2.75) is 11.3 Å². The van der Waals surface area contributed by atoms with Gasteiger partial charge in [0.05, 0.1) is 23.1 Å². The topological polar surface area (TPSA) is 90.2 Å². The number of rotatable bonds is 4. The van der Waals surface area contributed by atoms with Crippen LogP contribution in [0.4, 0.5) is 5.69 Å². The van der Waals surface area contributed by atoms with Crippen LogP contribution >= 0.6 is 11.6 Å². The highest BCUT2D eigenvalue weighted by atomic mass is 35.5. The number of phenolic OH excluding ortho intramolecular Hbond substituents is 1. The van der Waals surface area contributed by atoms with Crippen LogP contribution in [0.25, 0.3) is 0 Å². The molecule has 2 N–H and O–H groups in total. The van der Waals surface area contributed by atoms with Gasteiger partial charge >= 0.3 is 0 Å². The third kappa shape index (κ3) is 3.66. The average Bonchev–Trinajstić information content (AvgIpc) is 2.44. The predicted octanol–water partition coefficient (Wildman–Crippen LogP) is 2.91. The first kappa shape index (κ1) is 15.2. The molecule has 0 unspecified atom stereocenters. The van der Waals surface area contributed by atoms with Crippen molar-refractivity contribution in [3.63, 3.8) is 0 Å². The van der Waals surface area contributed by atoms with Gasteiger partial charge in [-0.3, -0.25) is 4.72 Å². The Morgan fingerprint density at radius 1 is 1.19 bits per heavy atom. The standard InChI is InChI=1S/C14H11ClN2O3S/c15-11-3-6-14(18)13(9-11)17-21(19,20)12-4-1-10(2-5-12)7-8-16/h1-6,9,17-18H,7H2. The number of hydrogen-bond donors (Lipinski definition) is 2. The highest BCUT2D eigenvalue weighted by Gasteiger charge is 2.16. The van der Waals surface area contributed by atoms with Gasteiger partial charge in [-0.2, -0.15) is 5.26 Å². The summed E-state index contributed by atoms with van der Waals surface area (Å²) in [5, 5.41) is 18.5. The minimum absolute atomic E-state index is 0.00333. The van der Waals surface area contributed by atoms with Gasteiger partial charge in [-0.25, -0.2) is 8.42 Å². The molecule has 2 aromatic rings. The first-order valence-electron chi connectivity index (χ1n) is 5.89. The Morgan fingerprint density at radius 2 is 1.86 bits per heavy atom. The molecule has 108 valence electrons. The normalized spacial score (nSPS) is 10.9. The summed E-state index contributed by atoms with van der Waals surface area (Å²) in [5.74, 6) is -0.218. The molecule has 21 heavy (non-hydrogen) atoms. The summed E-state index contributed by atoms with van der Waals surface area (Å²) in [6.45, 7) is 0. The number of halogens is 1. The van der Waals surface area contributed by atoms with Crippen LogP contribution < -0.4 is 4.72 Å². The molecule has 0 saturated carbocycles. The van der Waals surface area contributed by atoms with Gasteiger partial charge in [0, 0.05) is 5.02 Å². The molecule has 0 bridgehead atoms. The fraction of sp³-hybridized carbons (Fsp3) is 0.0714. The molecule has 7 heteroatoms. The number of nitriles is 1. The molecule has 0 aliphatic rings. The number of sulfonamides is 1. The fourth-order valence-corrected chi connectivity index (χ4v) is 2.91. The Hall–Kier alpha value is -2.23. The monoisotopic (exact) mass is 322 g/mol. The highest BCUT2D eigenvalue weighted by Crippen LogP contribution is 2.28. The lowest BCUT2D eigenvalue weighted by atomic mass is 10.2. The van der Waals surface area contributed by atoms with E-state index in [0.717, 1.165) is 5.56 Å². The number of nitrogens with one attached hydrogen (secondary N) is 1. The molecular formula is C14H11ClN2O3S. The maximum Gasteiger partial charge on any atom is 0.262 e. The van der Waals surface area contributed by atoms with E-state index in [-0.39, 0.29) is 22.8 Å². The summed E-state index contributed by atoms with van der Waals surface area (Å²) in [6, 6.07) is 12.0. The van der Waals surface area contributed by atoms with Crippen LogP contribution in [0.15, 0.2) is 47.4 Å². The van der Waals surface area contributed by atoms with Crippen molar-refractivity contribution in [3.05, 3.63) is 53.1 Å². The van der Waals surface area contributed by atoms with Gasteiger partial charge in [0.1, 0.15) is 5.75 Å². The molecule has 0 atom stereocenters. The zero-order chi connectivity index (χ0) is 15.5. The lowest BCUT2D eigenvalue weighted by Gasteiger charge is -2.10. The van der Waals surface area contributed by atoms with Crippen molar-refractivity contribution in [2.24, 2.45) is 0 Å². The largest absolute Gasteiger partial charge is 0.506 e. The Morgan fingerprint density at radius 3 is 2.48 bits per heavy atom. The number of hydrogen-bond acceptors (Lipinski definition) is 4. The van der Waals surface area contributed by atoms with E-state index < -0.39 is 10.0 Å². The lowest BCUT2D eigenvalue weighted by Crippen LogP contribution is -2.13. The first-order valence-corrected chi connectivity index (χ1v) is 7.76. The van der Waals surface area contributed by atoms with Crippen molar-refractivity contribution in [2.75, 3.05) is 4.72 Å². The molecule has 2 aromatic carbocycles. The second-order valence-electron chi connectivity index (χ2n) is 4.25. The van der Waals surface area contributed by atoms with Crippen molar-refractivity contribution < 1.29 is 13.5 Å². The highest BCUT2D eigenvalue weighted by molar-refractivity contribution is 7.92. The van der Waals surface area contributed by atoms with Crippen LogP contribution in [0, 0.1) is 11.3 Å². The zero-order valence-electron chi connectivity index (χ0n) is 10.7. The van der Waals surface area contributed by atoms with Gasteiger partial charge in [-0.1, -0.05) is 23.7 Å². The van der Waals surface area contributed by atoms with Crippen LogP contribution in [-0.4, -0.2) is 13.5 Å². The average molecular weight is 323 g/mol. The summed E-state index contributed by atoms with van der Waals surface area (Å²) in [4.78, 5) is 0.0311. The minimum Gasteiger partial charge on any atom is -0.506 e. The Kier molecular flexibility index (Phi) is 4.36. The molecular weight excluding hydrogens is 312 g/mol. The van der Waals surface area contributed by atoms with Crippen LogP contribution in [0.1, 0.15) is 5.56 Å². The number of nitrogens with zero attached hydrogens (tertiary/aromatic N) is 1. The quantitative estimate of drug-likeness (QED) is 0.847. The van der Waals surface area contributed by atoms with Gasteiger partial charge < -0.3 is 5.11 Å². The van der Waals surface area contributed by atoms with E-state index in [9.17, 15) is 13.5 Å². The summed E-state index contributed by atoms with van der Waals surface area (Å²) in [5.41, 5.74) is 0.727. The Bertz CT molecular complexity index is 796. The molecule has 0 radical (unpaired) electrons. The smallest absolute Gasteiger partial charge is 0.262 e. The van der Waals surface area contributed by atoms with Crippen LogP contribution in [0.2, 0.25) is 5.02 Å². The molecule has 0 heterocycles. The maximum atomic E-state index is 12.2. The van der Waals surface area contributed by atoms with Crippen LogP contribution in [0.3, 0.4) is 0 Å². The summed E-state index contributed by atoms with van der Waals surface area (Å²) >= 11 is 5.77. The van der Waals surface area contributed by atoms with Crippen molar-refractivity contribution in [1.29, 1.82) is 5.26 Å². The van der Waals surface area contributed by atoms with Gasteiger partial charge in [0.25, 0.3) is 10.0 Å². The number of aromatic hydroxyl groups is 1. The Labute approximate surface area is 127 Å². The van der Waals surface area contributed by atoms with E-state index in [1.807, 2.05) is 6.07 Å². The van der Waals surface area contributed by atoms with Crippen molar-refractivity contribution in [3.8, 4) is 11.8 Å². The van der Waals surface area contributed by atoms with E-state index in [4.69, 9.17) is 16.9 Å². The molecule has 0 aromatic heterocycles. The molecule has 0 saturated heterocycles. The van der Waals surface area contributed by atoms with E-state index >= 15 is 0 Å². The van der Waals surface area contributed by atoms with E-state index in [1.165, 1.54) is 30.3 Å². The molecule has 0 aliphatic heterocycles. The zero-order valence-corrected chi connectivity index (χ0v) is 12.3. The predicted molar refractivity (Wildman–Crippen MR) is 79.7 cm³/mol. The van der Waals surface area contributed by atoms with E-state index in [2.05, 4.69) is 4.72 Å². The second-order valence-corrected chi connectivity index (χ2v) is 6.36. The summed E-state index contributed by atoms with van der Waals surface area (Å²) in [6.07, 6.45) is 0.211. The minimum atomic E-state index is -3.84. The van der Waals surface area contributed by atoms with Gasteiger partial charge in [0.2, 0.25) is 0 Å². The number of phenols is 1. The SMILES string of the molecule is N#CCc1ccc(S(=O)(=O)Nc2cc(Cl)ccc2O)cc1. The fourth-order valence-electron chi connectivity index (χ4n) is 1.67. The maximum absolute atomic E-state index is 12.2.